The van der Waals surface area contributed by atoms with Gasteiger partial charge < -0.3 is 9.47 Å². The molecule has 0 atom stereocenters. The van der Waals surface area contributed by atoms with Crippen LogP contribution in [0.2, 0.25) is 0 Å². The number of fused-ring (bicyclic) bond motifs is 2. The Morgan fingerprint density at radius 3 is 1.75 bits per heavy atom. The zero-order valence-electron chi connectivity index (χ0n) is 27.7. The van der Waals surface area contributed by atoms with E-state index in [0.717, 1.165) is 24.3 Å². The molecule has 4 aromatic rings. The number of carbonyl (C=O) groups is 1. The lowest BCUT2D eigenvalue weighted by atomic mass is 10.00. The van der Waals surface area contributed by atoms with Crippen molar-refractivity contribution in [3.8, 4) is 33.8 Å². The molecule has 6 rings (SSSR count). The summed E-state index contributed by atoms with van der Waals surface area (Å²) in [6.45, 7) is 1.62. The molecule has 0 bridgehead atoms. The van der Waals surface area contributed by atoms with E-state index in [9.17, 15) is 48.0 Å². The Labute approximate surface area is 299 Å². The summed E-state index contributed by atoms with van der Waals surface area (Å²) in [5.41, 5.74) is -3.43. The minimum atomic E-state index is -4.95. The molecule has 282 valence electrons. The topological polar surface area (TPSA) is 147 Å². The van der Waals surface area contributed by atoms with Gasteiger partial charge in [0.15, 0.2) is 17.3 Å². The van der Waals surface area contributed by atoms with E-state index in [2.05, 4.69) is 4.98 Å². The first-order chi connectivity index (χ1) is 24.7. The van der Waals surface area contributed by atoms with Crippen molar-refractivity contribution in [2.45, 2.75) is 12.4 Å². The van der Waals surface area contributed by atoms with Crippen molar-refractivity contribution in [3.05, 3.63) is 78.0 Å². The number of ether oxygens (including phenoxy) is 2. The number of nitrogens with zero attached hydrogens (tertiary/aromatic N) is 3. The van der Waals surface area contributed by atoms with Gasteiger partial charge in [-0.3, -0.25) is 24.0 Å². The Kier molecular flexibility index (Phi) is 9.86. The summed E-state index contributed by atoms with van der Waals surface area (Å²) >= 11 is 0. The van der Waals surface area contributed by atoms with Gasteiger partial charge in [0, 0.05) is 24.8 Å². The van der Waals surface area contributed by atoms with Gasteiger partial charge in [-0.1, -0.05) is 18.2 Å². The molecule has 2 N–H and O–H groups in total. The number of benzene rings is 3. The smallest absolute Gasteiger partial charge is 0.418 e. The summed E-state index contributed by atoms with van der Waals surface area (Å²) in [6.07, 6.45) is -7.25. The molecule has 3 aromatic carbocycles. The van der Waals surface area contributed by atoms with E-state index in [1.807, 2.05) is 14.3 Å². The SMILES string of the molecule is CS(=O)(=O)Nc1ccc(-c2ccc3c(c2)Oc2cc(-c4ccc(NS(C)(=O)=O)c(C(F)(F)F)c4)cnc2N3C(=O)CN2CCOCC2)cc1C(F)(F)F. The van der Waals surface area contributed by atoms with Crippen molar-refractivity contribution >= 4 is 48.8 Å². The molecule has 2 aliphatic rings. The number of rotatable bonds is 8. The molecule has 3 heterocycles. The van der Waals surface area contributed by atoms with Gasteiger partial charge in [0.05, 0.1) is 60.5 Å². The van der Waals surface area contributed by atoms with Gasteiger partial charge in [0.25, 0.3) is 0 Å². The van der Waals surface area contributed by atoms with Crippen LogP contribution in [0.25, 0.3) is 22.3 Å². The number of sulfonamides is 2. The molecule has 1 saturated heterocycles. The third-order valence-electron chi connectivity index (χ3n) is 8.08. The van der Waals surface area contributed by atoms with Crippen molar-refractivity contribution in [1.29, 1.82) is 0 Å². The highest BCUT2D eigenvalue weighted by Crippen LogP contribution is 2.49. The third-order valence-corrected chi connectivity index (χ3v) is 9.27. The van der Waals surface area contributed by atoms with Gasteiger partial charge in [-0.2, -0.15) is 26.3 Å². The van der Waals surface area contributed by atoms with Gasteiger partial charge in [-0.15, -0.1) is 0 Å². The molecule has 0 spiro atoms. The maximum Gasteiger partial charge on any atom is 0.418 e. The lowest BCUT2D eigenvalue weighted by Gasteiger charge is -2.33. The number of hydrogen-bond donors (Lipinski definition) is 2. The number of aromatic nitrogens is 1. The number of alkyl halides is 6. The number of hydrogen-bond acceptors (Lipinski definition) is 9. The molecule has 0 unspecified atom stereocenters. The van der Waals surface area contributed by atoms with Crippen LogP contribution in [0.3, 0.4) is 0 Å². The number of carbonyl (C=O) groups excluding carboxylic acids is 1. The zero-order chi connectivity index (χ0) is 38.5. The minimum Gasteiger partial charge on any atom is -0.451 e. The van der Waals surface area contributed by atoms with Crippen LogP contribution >= 0.6 is 0 Å². The maximum absolute atomic E-state index is 14.0. The number of morpholine rings is 1. The standard InChI is InChI=1S/C33H29F6N5O7S2/c1-52(46,47)41-25-6-3-19(13-23(25)32(34,35)36)21-5-8-27-28(15-21)51-29-16-22(17-40-31(29)44(27)30(45)18-43-9-11-50-12-10-43)20-4-7-26(42-53(2,48)49)24(14-20)33(37,38)39/h3-8,13-17,41-42H,9-12,18H2,1-2H3. The molecular weight excluding hydrogens is 757 g/mol. The monoisotopic (exact) mass is 785 g/mol. The van der Waals surface area contributed by atoms with Crippen molar-refractivity contribution in [2.75, 3.05) is 59.7 Å². The number of amides is 1. The molecule has 0 aliphatic carbocycles. The molecule has 1 fully saturated rings. The number of anilines is 4. The van der Waals surface area contributed by atoms with Gasteiger partial charge in [0.2, 0.25) is 26.0 Å². The first-order valence-corrected chi connectivity index (χ1v) is 19.3. The molecular formula is C33H29F6N5O7S2. The first kappa shape index (κ1) is 37.8. The van der Waals surface area contributed by atoms with Gasteiger partial charge in [0.1, 0.15) is 0 Å². The Hall–Kier alpha value is -4.92. The fraction of sp³-hybridized carbons (Fsp3) is 0.273. The van der Waals surface area contributed by atoms with Crippen LogP contribution in [0.4, 0.5) is 49.2 Å². The predicted octanol–water partition coefficient (Wildman–Crippen LogP) is 6.30. The molecule has 0 radical (unpaired) electrons. The second-order valence-electron chi connectivity index (χ2n) is 12.2. The predicted molar refractivity (Wildman–Crippen MR) is 183 cm³/mol. The fourth-order valence-electron chi connectivity index (χ4n) is 5.80. The summed E-state index contributed by atoms with van der Waals surface area (Å²) in [6, 6.07) is 11.5. The first-order valence-electron chi connectivity index (χ1n) is 15.5. The van der Waals surface area contributed by atoms with Gasteiger partial charge >= 0.3 is 12.4 Å². The van der Waals surface area contributed by atoms with Crippen LogP contribution in [0.1, 0.15) is 11.1 Å². The van der Waals surface area contributed by atoms with Crippen LogP contribution in [-0.2, 0) is 41.9 Å². The van der Waals surface area contributed by atoms with E-state index in [-0.39, 0.29) is 51.8 Å². The summed E-state index contributed by atoms with van der Waals surface area (Å²) in [4.78, 5) is 21.4. The van der Waals surface area contributed by atoms with Crippen molar-refractivity contribution in [1.82, 2.24) is 9.88 Å². The highest BCUT2D eigenvalue weighted by molar-refractivity contribution is 7.92. The van der Waals surface area contributed by atoms with E-state index in [0.29, 0.717) is 38.8 Å². The summed E-state index contributed by atoms with van der Waals surface area (Å²) < 4.78 is 146. The number of nitrogens with one attached hydrogen (secondary N) is 2. The third kappa shape index (κ3) is 8.66. The fourth-order valence-corrected chi connectivity index (χ4v) is 6.95. The van der Waals surface area contributed by atoms with Crippen LogP contribution in [0, 0.1) is 0 Å². The van der Waals surface area contributed by atoms with Gasteiger partial charge in [-0.05, 0) is 59.2 Å². The summed E-state index contributed by atoms with van der Waals surface area (Å²) in [5, 5.41) is 0. The zero-order valence-corrected chi connectivity index (χ0v) is 29.3. The molecule has 1 amide bonds. The van der Waals surface area contributed by atoms with Crippen molar-refractivity contribution in [2.24, 2.45) is 0 Å². The Morgan fingerprint density at radius 1 is 0.736 bits per heavy atom. The lowest BCUT2D eigenvalue weighted by molar-refractivity contribution is -0.137. The van der Waals surface area contributed by atoms with Crippen molar-refractivity contribution in [3.63, 3.8) is 0 Å². The molecule has 20 heteroatoms. The van der Waals surface area contributed by atoms with Crippen LogP contribution in [0.5, 0.6) is 11.5 Å². The summed E-state index contributed by atoms with van der Waals surface area (Å²) in [7, 11) is -8.11. The average molecular weight is 786 g/mol. The summed E-state index contributed by atoms with van der Waals surface area (Å²) in [5.74, 6) is -0.538. The van der Waals surface area contributed by atoms with E-state index in [4.69, 9.17) is 9.47 Å². The van der Waals surface area contributed by atoms with E-state index < -0.39 is 60.8 Å². The second-order valence-corrected chi connectivity index (χ2v) is 15.7. The molecule has 2 aliphatic heterocycles. The lowest BCUT2D eigenvalue weighted by Crippen LogP contribution is -2.44. The minimum absolute atomic E-state index is 0.000135. The van der Waals surface area contributed by atoms with Crippen LogP contribution in [-0.4, -0.2) is 78.0 Å². The quantitative estimate of drug-likeness (QED) is 0.197. The van der Waals surface area contributed by atoms with E-state index >= 15 is 0 Å². The molecule has 12 nitrogen and oxygen atoms in total. The second kappa shape index (κ2) is 13.8. The van der Waals surface area contributed by atoms with Crippen LogP contribution < -0.4 is 19.1 Å². The number of pyridine rings is 1. The molecule has 0 saturated carbocycles. The Morgan fingerprint density at radius 2 is 1.23 bits per heavy atom. The van der Waals surface area contributed by atoms with Crippen LogP contribution in [0.15, 0.2) is 66.9 Å². The van der Waals surface area contributed by atoms with E-state index in [1.54, 1.807) is 0 Å². The van der Waals surface area contributed by atoms with Crippen molar-refractivity contribution < 1.29 is 57.4 Å². The highest BCUT2D eigenvalue weighted by atomic mass is 32.2. The normalized spacial score (nSPS) is 15.3. The Balaban J connectivity index is 1.44. The Bertz CT molecular complexity index is 2170. The van der Waals surface area contributed by atoms with E-state index in [1.165, 1.54) is 47.5 Å². The molecule has 53 heavy (non-hydrogen) atoms. The average Bonchev–Trinajstić information content (AvgIpc) is 3.05. The van der Waals surface area contributed by atoms with Gasteiger partial charge in [-0.25, -0.2) is 21.8 Å². The number of halogens is 6. The highest BCUT2D eigenvalue weighted by Gasteiger charge is 2.37. The largest absolute Gasteiger partial charge is 0.451 e. The molecule has 1 aromatic heterocycles. The maximum atomic E-state index is 14.0.